The predicted molar refractivity (Wildman–Crippen MR) is 98.2 cm³/mol. The van der Waals surface area contributed by atoms with Crippen molar-refractivity contribution in [2.75, 3.05) is 17.3 Å². The van der Waals surface area contributed by atoms with Crippen molar-refractivity contribution in [1.29, 1.82) is 0 Å². The molecule has 1 N–H and O–H groups in total. The molecule has 3 rings (SSSR count). The Bertz CT molecular complexity index is 822. The number of carbonyl (C=O) groups is 2. The number of nitrogens with one attached hydrogen (secondary N) is 1. The van der Waals surface area contributed by atoms with Gasteiger partial charge in [-0.25, -0.2) is 4.90 Å². The number of aryl methyl sites for hydroxylation is 3. The molecule has 1 aliphatic heterocycles. The van der Waals surface area contributed by atoms with Gasteiger partial charge >= 0.3 is 0 Å². The lowest BCUT2D eigenvalue weighted by Crippen LogP contribution is -2.35. The van der Waals surface area contributed by atoms with Crippen LogP contribution in [0.25, 0.3) is 0 Å². The molecule has 130 valence electrons. The van der Waals surface area contributed by atoms with E-state index in [1.165, 1.54) is 4.90 Å². The Labute approximate surface area is 147 Å². The summed E-state index contributed by atoms with van der Waals surface area (Å²) < 4.78 is 5.20. The van der Waals surface area contributed by atoms with Crippen molar-refractivity contribution in [2.45, 2.75) is 33.2 Å². The quantitative estimate of drug-likeness (QED) is 0.869. The molecule has 0 unspecified atom stereocenters. The lowest BCUT2D eigenvalue weighted by molar-refractivity contribution is -0.121. The zero-order valence-corrected chi connectivity index (χ0v) is 14.9. The Hall–Kier alpha value is -2.82. The van der Waals surface area contributed by atoms with Crippen LogP contribution in [0.5, 0.6) is 5.75 Å². The molecule has 1 heterocycles. The molecular weight excluding hydrogens is 316 g/mol. The molecule has 0 aliphatic carbocycles. The number of hydrogen-bond donors (Lipinski definition) is 1. The lowest BCUT2D eigenvalue weighted by atomic mass is 10.0. The first kappa shape index (κ1) is 17.0. The van der Waals surface area contributed by atoms with Crippen LogP contribution in [0.4, 0.5) is 11.4 Å². The van der Waals surface area contributed by atoms with Crippen molar-refractivity contribution in [3.05, 3.63) is 53.1 Å². The van der Waals surface area contributed by atoms with Gasteiger partial charge < -0.3 is 10.1 Å². The molecule has 0 saturated carbocycles. The van der Waals surface area contributed by atoms with Crippen LogP contribution in [0, 0.1) is 20.8 Å². The van der Waals surface area contributed by atoms with E-state index >= 15 is 0 Å². The molecule has 25 heavy (non-hydrogen) atoms. The minimum absolute atomic E-state index is 0.142. The molecule has 5 heteroatoms. The largest absolute Gasteiger partial charge is 0.497 e. The minimum Gasteiger partial charge on any atom is -0.497 e. The highest BCUT2D eigenvalue weighted by Gasteiger charge is 2.40. The molecule has 1 atom stereocenters. The van der Waals surface area contributed by atoms with Gasteiger partial charge in [0.1, 0.15) is 11.8 Å². The Balaban J connectivity index is 1.88. The van der Waals surface area contributed by atoms with Crippen molar-refractivity contribution < 1.29 is 14.3 Å². The fourth-order valence-electron chi connectivity index (χ4n) is 3.42. The SMILES string of the molecule is COc1cccc(N[C@H]2CC(=O)N(c3c(C)cc(C)cc3C)C2=O)c1. The second-order valence-corrected chi connectivity index (χ2v) is 6.45. The molecule has 0 aromatic heterocycles. The topological polar surface area (TPSA) is 58.6 Å². The van der Waals surface area contributed by atoms with E-state index in [4.69, 9.17) is 4.74 Å². The van der Waals surface area contributed by atoms with Gasteiger partial charge in [-0.15, -0.1) is 0 Å². The molecule has 0 spiro atoms. The Morgan fingerprint density at radius 3 is 2.40 bits per heavy atom. The van der Waals surface area contributed by atoms with Gasteiger partial charge in [0.05, 0.1) is 19.2 Å². The van der Waals surface area contributed by atoms with Crippen molar-refractivity contribution in [3.63, 3.8) is 0 Å². The van der Waals surface area contributed by atoms with E-state index < -0.39 is 6.04 Å². The van der Waals surface area contributed by atoms with Crippen LogP contribution < -0.4 is 15.0 Å². The Morgan fingerprint density at radius 1 is 1.08 bits per heavy atom. The first-order valence-electron chi connectivity index (χ1n) is 8.26. The molecule has 2 amide bonds. The van der Waals surface area contributed by atoms with Gasteiger partial charge in [-0.05, 0) is 44.0 Å². The monoisotopic (exact) mass is 338 g/mol. The first-order chi connectivity index (χ1) is 11.9. The van der Waals surface area contributed by atoms with Crippen LogP contribution in [-0.4, -0.2) is 25.0 Å². The summed E-state index contributed by atoms with van der Waals surface area (Å²) in [6.07, 6.45) is 0.142. The number of anilines is 2. The highest BCUT2D eigenvalue weighted by atomic mass is 16.5. The number of hydrogen-bond acceptors (Lipinski definition) is 4. The van der Waals surface area contributed by atoms with Crippen molar-refractivity contribution in [2.24, 2.45) is 0 Å². The first-order valence-corrected chi connectivity index (χ1v) is 8.26. The maximum absolute atomic E-state index is 12.9. The van der Waals surface area contributed by atoms with Crippen LogP contribution in [0.2, 0.25) is 0 Å². The van der Waals surface area contributed by atoms with E-state index in [0.717, 1.165) is 22.4 Å². The maximum atomic E-state index is 12.9. The average Bonchev–Trinajstić information content (AvgIpc) is 2.82. The third kappa shape index (κ3) is 3.22. The number of carbonyl (C=O) groups excluding carboxylic acids is 2. The third-order valence-electron chi connectivity index (χ3n) is 4.42. The number of ether oxygens (including phenoxy) is 1. The van der Waals surface area contributed by atoms with E-state index in [0.29, 0.717) is 11.4 Å². The number of methoxy groups -OCH3 is 1. The summed E-state index contributed by atoms with van der Waals surface area (Å²) in [5.74, 6) is 0.298. The number of rotatable bonds is 4. The highest BCUT2D eigenvalue weighted by Crippen LogP contribution is 2.32. The van der Waals surface area contributed by atoms with E-state index in [-0.39, 0.29) is 18.2 Å². The van der Waals surface area contributed by atoms with Crippen molar-refractivity contribution in [1.82, 2.24) is 0 Å². The third-order valence-corrected chi connectivity index (χ3v) is 4.42. The van der Waals surface area contributed by atoms with Crippen LogP contribution in [0.1, 0.15) is 23.1 Å². The smallest absolute Gasteiger partial charge is 0.256 e. The van der Waals surface area contributed by atoms with Gasteiger partial charge in [0.2, 0.25) is 5.91 Å². The summed E-state index contributed by atoms with van der Waals surface area (Å²) in [6.45, 7) is 5.86. The lowest BCUT2D eigenvalue weighted by Gasteiger charge is -2.21. The molecule has 1 aliphatic rings. The number of nitrogens with zero attached hydrogens (tertiary/aromatic N) is 1. The fraction of sp³-hybridized carbons (Fsp3) is 0.300. The second-order valence-electron chi connectivity index (χ2n) is 6.45. The summed E-state index contributed by atoms with van der Waals surface area (Å²) in [7, 11) is 1.59. The second kappa shape index (κ2) is 6.59. The number of amides is 2. The van der Waals surface area contributed by atoms with Crippen molar-refractivity contribution >= 4 is 23.2 Å². The van der Waals surface area contributed by atoms with Gasteiger partial charge in [-0.3, -0.25) is 9.59 Å². The molecule has 1 fully saturated rings. The standard InChI is InChI=1S/C20H22N2O3/c1-12-8-13(2)19(14(3)9-12)22-18(23)11-17(20(22)24)21-15-6-5-7-16(10-15)25-4/h5-10,17,21H,11H2,1-4H3/t17-/m0/s1. The summed E-state index contributed by atoms with van der Waals surface area (Å²) in [5, 5.41) is 3.15. The van der Waals surface area contributed by atoms with E-state index in [2.05, 4.69) is 5.32 Å². The van der Waals surface area contributed by atoms with Gasteiger partial charge in [0.15, 0.2) is 0 Å². The zero-order chi connectivity index (χ0) is 18.1. The normalized spacial score (nSPS) is 17.1. The van der Waals surface area contributed by atoms with Gasteiger partial charge in [0, 0.05) is 11.8 Å². The molecule has 0 bridgehead atoms. The summed E-state index contributed by atoms with van der Waals surface area (Å²) in [5.41, 5.74) is 4.44. The molecule has 0 radical (unpaired) electrons. The maximum Gasteiger partial charge on any atom is 0.256 e. The number of benzene rings is 2. The average molecular weight is 338 g/mol. The van der Waals surface area contributed by atoms with Gasteiger partial charge in [0.25, 0.3) is 5.91 Å². The summed E-state index contributed by atoms with van der Waals surface area (Å²) >= 11 is 0. The molecule has 2 aromatic carbocycles. The summed E-state index contributed by atoms with van der Waals surface area (Å²) in [6, 6.07) is 10.7. The van der Waals surface area contributed by atoms with E-state index in [1.807, 2.05) is 57.2 Å². The Morgan fingerprint density at radius 2 is 1.76 bits per heavy atom. The minimum atomic E-state index is -0.570. The van der Waals surface area contributed by atoms with Gasteiger partial charge in [-0.1, -0.05) is 23.8 Å². The van der Waals surface area contributed by atoms with Crippen molar-refractivity contribution in [3.8, 4) is 5.75 Å². The van der Waals surface area contributed by atoms with E-state index in [9.17, 15) is 9.59 Å². The molecule has 5 nitrogen and oxygen atoms in total. The predicted octanol–water partition coefficient (Wildman–Crippen LogP) is 3.36. The van der Waals surface area contributed by atoms with Crippen LogP contribution in [0.15, 0.2) is 36.4 Å². The zero-order valence-electron chi connectivity index (χ0n) is 14.9. The van der Waals surface area contributed by atoms with Crippen LogP contribution in [-0.2, 0) is 9.59 Å². The van der Waals surface area contributed by atoms with Gasteiger partial charge in [-0.2, -0.15) is 0 Å². The Kier molecular flexibility index (Phi) is 4.49. The van der Waals surface area contributed by atoms with Crippen LogP contribution in [0.3, 0.4) is 0 Å². The molecule has 1 saturated heterocycles. The van der Waals surface area contributed by atoms with E-state index in [1.54, 1.807) is 7.11 Å². The summed E-state index contributed by atoms with van der Waals surface area (Å²) in [4.78, 5) is 26.7. The number of imide groups is 1. The molecule has 2 aromatic rings. The highest BCUT2D eigenvalue weighted by molar-refractivity contribution is 6.23. The van der Waals surface area contributed by atoms with Crippen LogP contribution >= 0.6 is 0 Å². The molecular formula is C20H22N2O3. The fourth-order valence-corrected chi connectivity index (χ4v) is 3.42.